The summed E-state index contributed by atoms with van der Waals surface area (Å²) in [6, 6.07) is 8.01. The van der Waals surface area contributed by atoms with Crippen LogP contribution in [-0.4, -0.2) is 65.8 Å². The van der Waals surface area contributed by atoms with E-state index in [4.69, 9.17) is 15.8 Å². The van der Waals surface area contributed by atoms with E-state index in [0.717, 1.165) is 62.1 Å². The van der Waals surface area contributed by atoms with Gasteiger partial charge >= 0.3 is 0 Å². The Bertz CT molecular complexity index is 1430. The van der Waals surface area contributed by atoms with E-state index >= 15 is 0 Å². The minimum absolute atomic E-state index is 0.148. The Morgan fingerprint density at radius 1 is 1.22 bits per heavy atom. The molecule has 2 aliphatic rings. The molecule has 1 amide bonds. The van der Waals surface area contributed by atoms with E-state index in [-0.39, 0.29) is 18.0 Å². The predicted octanol–water partition coefficient (Wildman–Crippen LogP) is 2.68. The number of fused-ring (bicyclic) bond motifs is 1. The van der Waals surface area contributed by atoms with Crippen LogP contribution >= 0.6 is 15.9 Å². The molecule has 2 fully saturated rings. The third-order valence-electron chi connectivity index (χ3n) is 7.08. The molecule has 37 heavy (non-hydrogen) atoms. The number of piperidine rings is 1. The van der Waals surface area contributed by atoms with Crippen LogP contribution in [0.4, 0.5) is 5.82 Å². The fourth-order valence-corrected chi connectivity index (χ4v) is 6.48. The number of hydrogen-bond donors (Lipinski definition) is 2. The van der Waals surface area contributed by atoms with Gasteiger partial charge < -0.3 is 15.5 Å². The molecule has 0 aliphatic carbocycles. The van der Waals surface area contributed by atoms with Gasteiger partial charge in [-0.1, -0.05) is 34.1 Å². The molecule has 3 N–H and O–H groups in total. The van der Waals surface area contributed by atoms with Gasteiger partial charge in [-0.15, -0.1) is 5.10 Å². The molecule has 0 saturated carbocycles. The predicted molar refractivity (Wildman–Crippen MR) is 146 cm³/mol. The molecule has 1 aromatic carbocycles. The van der Waals surface area contributed by atoms with Crippen molar-refractivity contribution in [2.45, 2.75) is 50.7 Å². The van der Waals surface area contributed by atoms with Gasteiger partial charge in [-0.3, -0.25) is 4.79 Å². The first-order valence-corrected chi connectivity index (χ1v) is 15.2. The minimum atomic E-state index is -3.66. The molecule has 12 heteroatoms. The van der Waals surface area contributed by atoms with Crippen LogP contribution in [0.3, 0.4) is 0 Å². The van der Waals surface area contributed by atoms with Gasteiger partial charge in [0.2, 0.25) is 15.9 Å². The monoisotopic (exact) mass is 589 g/mol. The van der Waals surface area contributed by atoms with Gasteiger partial charge in [0.1, 0.15) is 6.04 Å². The molecule has 4 heterocycles. The summed E-state index contributed by atoms with van der Waals surface area (Å²) in [5.74, 6) is 0.599. The largest absolute Gasteiger partial charge is 0.353 e. The number of sulfonamides is 1. The minimum Gasteiger partial charge on any atom is -0.353 e. The van der Waals surface area contributed by atoms with Crippen LogP contribution in [0.25, 0.3) is 5.65 Å². The summed E-state index contributed by atoms with van der Waals surface area (Å²) in [4.78, 5) is 22.8. The first-order chi connectivity index (χ1) is 17.6. The number of anilines is 1. The Hall–Kier alpha value is -2.54. The highest BCUT2D eigenvalue weighted by atomic mass is 79.9. The van der Waals surface area contributed by atoms with Crippen molar-refractivity contribution in [3.8, 4) is 0 Å². The summed E-state index contributed by atoms with van der Waals surface area (Å²) < 4.78 is 29.5. The fraction of sp³-hybridized carbons (Fsp3) is 0.480. The van der Waals surface area contributed by atoms with E-state index in [2.05, 4.69) is 25.6 Å². The average Bonchev–Trinajstić information content (AvgIpc) is 3.47. The van der Waals surface area contributed by atoms with E-state index in [1.165, 1.54) is 0 Å². The number of rotatable bonds is 6. The topological polar surface area (TPSA) is 126 Å². The molecule has 5 rings (SSSR count). The second-order valence-corrected chi connectivity index (χ2v) is 12.6. The number of nitrogens with one attached hydrogen (secondary N) is 1. The van der Waals surface area contributed by atoms with Crippen molar-refractivity contribution in [1.82, 2.24) is 24.2 Å². The molecular weight excluding hydrogens is 558 g/mol. The lowest BCUT2D eigenvalue weighted by atomic mass is 9.97. The van der Waals surface area contributed by atoms with E-state index in [9.17, 15) is 13.2 Å². The molecule has 2 aliphatic heterocycles. The molecule has 2 aromatic heterocycles. The fourth-order valence-electron chi connectivity index (χ4n) is 5.31. The maximum absolute atomic E-state index is 13.9. The van der Waals surface area contributed by atoms with Crippen molar-refractivity contribution in [3.05, 3.63) is 57.8 Å². The third kappa shape index (κ3) is 5.52. The van der Waals surface area contributed by atoms with Gasteiger partial charge in [0, 0.05) is 30.1 Å². The third-order valence-corrected chi connectivity index (χ3v) is 8.47. The highest BCUT2D eigenvalue weighted by Crippen LogP contribution is 2.35. The van der Waals surface area contributed by atoms with E-state index in [0.29, 0.717) is 22.2 Å². The van der Waals surface area contributed by atoms with Gasteiger partial charge in [0.25, 0.3) is 0 Å². The molecule has 0 spiro atoms. The zero-order chi connectivity index (χ0) is 26.3. The molecule has 198 valence electrons. The molecule has 10 nitrogen and oxygen atoms in total. The number of nitrogens with two attached hydrogens (primary N) is 1. The number of aryl methyl sites for hydroxylation is 1. The van der Waals surface area contributed by atoms with Crippen LogP contribution in [0.5, 0.6) is 0 Å². The van der Waals surface area contributed by atoms with E-state index < -0.39 is 16.1 Å². The second kappa shape index (κ2) is 10.3. The summed E-state index contributed by atoms with van der Waals surface area (Å²) in [5, 5.41) is 4.84. The quantitative estimate of drug-likeness (QED) is 0.452. The van der Waals surface area contributed by atoms with Gasteiger partial charge in [-0.05, 0) is 55.9 Å². The van der Waals surface area contributed by atoms with Gasteiger partial charge in [0.05, 0.1) is 24.2 Å². The van der Waals surface area contributed by atoms with Gasteiger partial charge in [-0.25, -0.2) is 17.9 Å². The number of aromatic nitrogens is 3. The van der Waals surface area contributed by atoms with E-state index in [1.807, 2.05) is 25.3 Å². The Balaban J connectivity index is 1.49. The summed E-state index contributed by atoms with van der Waals surface area (Å²) in [6.45, 7) is 4.19. The van der Waals surface area contributed by atoms with Crippen molar-refractivity contribution in [2.75, 3.05) is 30.8 Å². The molecule has 0 bridgehead atoms. The molecular formula is C25H32BrN7O3S. The van der Waals surface area contributed by atoms with Crippen molar-refractivity contribution in [2.24, 2.45) is 5.73 Å². The van der Waals surface area contributed by atoms with Crippen molar-refractivity contribution >= 4 is 43.3 Å². The Morgan fingerprint density at radius 2 is 2.00 bits per heavy atom. The Labute approximate surface area is 225 Å². The summed E-state index contributed by atoms with van der Waals surface area (Å²) >= 11 is 3.48. The highest BCUT2D eigenvalue weighted by molar-refractivity contribution is 9.10. The lowest BCUT2D eigenvalue weighted by molar-refractivity contribution is -0.137. The smallest absolute Gasteiger partial charge is 0.245 e. The lowest BCUT2D eigenvalue weighted by Crippen LogP contribution is -2.46. The van der Waals surface area contributed by atoms with Gasteiger partial charge in [0.15, 0.2) is 11.5 Å². The normalized spacial score (nSPS) is 21.5. The van der Waals surface area contributed by atoms with Crippen LogP contribution in [-0.2, 0) is 14.8 Å². The number of benzene rings is 1. The molecule has 0 radical (unpaired) electrons. The first kappa shape index (κ1) is 26.1. The molecule has 3 aromatic rings. The molecule has 2 saturated heterocycles. The van der Waals surface area contributed by atoms with Crippen molar-refractivity contribution in [3.63, 3.8) is 0 Å². The highest BCUT2D eigenvalue weighted by Gasteiger charge is 2.36. The zero-order valence-electron chi connectivity index (χ0n) is 21.0. The number of likely N-dealkylation sites (tertiary alicyclic amines) is 1. The first-order valence-electron chi connectivity index (χ1n) is 12.5. The lowest BCUT2D eigenvalue weighted by Gasteiger charge is -2.37. The molecule has 3 unspecified atom stereocenters. The maximum Gasteiger partial charge on any atom is 0.245 e. The number of carbonyl (C=O) groups is 1. The second-order valence-electron chi connectivity index (χ2n) is 10.0. The molecule has 3 atom stereocenters. The average molecular weight is 591 g/mol. The maximum atomic E-state index is 13.9. The van der Waals surface area contributed by atoms with Crippen LogP contribution in [0.1, 0.15) is 54.6 Å². The number of amides is 1. The SMILES string of the molecule is Cc1cc2nc(C3CCCCN3C(=O)C(NS(C)(=O)=O)c3ccccc3Br)cn2nc1N1CCC(N)C1. The van der Waals surface area contributed by atoms with Gasteiger partial charge in [-0.2, -0.15) is 4.72 Å². The number of carbonyl (C=O) groups excluding carboxylic acids is 1. The summed E-state index contributed by atoms with van der Waals surface area (Å²) in [7, 11) is -3.66. The zero-order valence-corrected chi connectivity index (χ0v) is 23.4. The summed E-state index contributed by atoms with van der Waals surface area (Å²) in [5.41, 5.74) is 9.18. The number of imidazole rings is 1. The van der Waals surface area contributed by atoms with Crippen LogP contribution in [0, 0.1) is 6.92 Å². The van der Waals surface area contributed by atoms with Crippen molar-refractivity contribution < 1.29 is 13.2 Å². The van der Waals surface area contributed by atoms with Crippen LogP contribution in [0.2, 0.25) is 0 Å². The van der Waals surface area contributed by atoms with Crippen molar-refractivity contribution in [1.29, 1.82) is 0 Å². The number of nitrogens with zero attached hydrogens (tertiary/aromatic N) is 5. The Kier molecular flexibility index (Phi) is 7.27. The Morgan fingerprint density at radius 3 is 2.70 bits per heavy atom. The van der Waals surface area contributed by atoms with Crippen LogP contribution in [0.15, 0.2) is 41.0 Å². The number of halogens is 1. The van der Waals surface area contributed by atoms with E-state index in [1.54, 1.807) is 27.6 Å². The number of hydrogen-bond acceptors (Lipinski definition) is 7. The summed E-state index contributed by atoms with van der Waals surface area (Å²) in [6.07, 6.45) is 6.43. The van der Waals surface area contributed by atoms with Crippen LogP contribution < -0.4 is 15.4 Å². The standard InChI is InChI=1S/C25H32BrN7O3S/c1-16-13-22-28-20(15-33(22)29-24(16)31-12-10-17(27)14-31)21-9-5-6-11-32(21)25(34)23(30-37(2,35)36)18-7-3-4-8-19(18)26/h3-4,7-8,13,15,17,21,23,30H,5-6,9-12,14,27H2,1-2H3.